The molecule has 0 amide bonds. The van der Waals surface area contributed by atoms with Crippen molar-refractivity contribution in [2.45, 2.75) is 18.6 Å². The number of rotatable bonds is 1. The lowest BCUT2D eigenvalue weighted by Gasteiger charge is -2.22. The van der Waals surface area contributed by atoms with Gasteiger partial charge in [0, 0.05) is 0 Å². The maximum Gasteiger partial charge on any atom is 0.490 e. The Morgan fingerprint density at radius 3 is 1.64 bits per heavy atom. The SMILES string of the molecule is O=C(O)C(F)(F)F.O=C(O)[C@H]1CCN1. The number of carboxylic acid groups (broad SMARTS) is 2. The van der Waals surface area contributed by atoms with Crippen molar-refractivity contribution in [3.8, 4) is 0 Å². The number of nitrogens with one attached hydrogen (secondary N) is 1. The molecule has 0 unspecified atom stereocenters. The van der Waals surface area contributed by atoms with Crippen molar-refractivity contribution < 1.29 is 33.0 Å². The van der Waals surface area contributed by atoms with Gasteiger partial charge in [-0.25, -0.2) is 4.79 Å². The lowest BCUT2D eigenvalue weighted by atomic mass is 10.1. The number of aliphatic carboxylic acids is 2. The third-order valence-electron chi connectivity index (χ3n) is 1.36. The van der Waals surface area contributed by atoms with E-state index in [0.29, 0.717) is 0 Å². The Morgan fingerprint density at radius 2 is 1.64 bits per heavy atom. The van der Waals surface area contributed by atoms with E-state index in [2.05, 4.69) is 5.32 Å². The monoisotopic (exact) mass is 215 g/mol. The summed E-state index contributed by atoms with van der Waals surface area (Å²) < 4.78 is 31.7. The predicted octanol–water partition coefficient (Wildman–Crippen LogP) is 0.0662. The molecule has 1 atom stereocenters. The van der Waals surface area contributed by atoms with Crippen LogP contribution in [-0.2, 0) is 9.59 Å². The fourth-order valence-corrected chi connectivity index (χ4v) is 0.499. The first-order valence-corrected chi connectivity index (χ1v) is 3.51. The van der Waals surface area contributed by atoms with E-state index in [1.165, 1.54) is 0 Å². The maximum atomic E-state index is 10.6. The van der Waals surface area contributed by atoms with Crippen LogP contribution in [0.2, 0.25) is 0 Å². The van der Waals surface area contributed by atoms with Gasteiger partial charge >= 0.3 is 18.1 Å². The van der Waals surface area contributed by atoms with Gasteiger partial charge in [0.2, 0.25) is 0 Å². The molecule has 82 valence electrons. The second kappa shape index (κ2) is 4.80. The average Bonchev–Trinajstić information content (AvgIpc) is 1.79. The van der Waals surface area contributed by atoms with Crippen molar-refractivity contribution in [2.24, 2.45) is 0 Å². The van der Waals surface area contributed by atoms with Crippen molar-refractivity contribution >= 4 is 11.9 Å². The van der Waals surface area contributed by atoms with Crippen LogP contribution >= 0.6 is 0 Å². The zero-order valence-electron chi connectivity index (χ0n) is 6.84. The van der Waals surface area contributed by atoms with Gasteiger partial charge in [-0.15, -0.1) is 0 Å². The summed E-state index contributed by atoms with van der Waals surface area (Å²) in [6, 6.07) is -0.250. The van der Waals surface area contributed by atoms with Crippen molar-refractivity contribution in [3.63, 3.8) is 0 Å². The predicted molar refractivity (Wildman–Crippen MR) is 37.7 cm³/mol. The molecule has 1 aliphatic heterocycles. The summed E-state index contributed by atoms with van der Waals surface area (Å²) in [5.41, 5.74) is 0. The van der Waals surface area contributed by atoms with E-state index >= 15 is 0 Å². The zero-order chi connectivity index (χ0) is 11.4. The minimum atomic E-state index is -5.08. The molecule has 0 bridgehead atoms. The van der Waals surface area contributed by atoms with Crippen LogP contribution in [0.1, 0.15) is 6.42 Å². The number of halogens is 3. The Morgan fingerprint density at radius 1 is 1.29 bits per heavy atom. The molecule has 3 N–H and O–H groups in total. The third-order valence-corrected chi connectivity index (χ3v) is 1.36. The molecule has 0 spiro atoms. The molecule has 1 fully saturated rings. The lowest BCUT2D eigenvalue weighted by Crippen LogP contribution is -2.48. The first-order valence-electron chi connectivity index (χ1n) is 3.51. The van der Waals surface area contributed by atoms with E-state index in [-0.39, 0.29) is 6.04 Å². The van der Waals surface area contributed by atoms with Crippen LogP contribution in [0, 0.1) is 0 Å². The van der Waals surface area contributed by atoms with Crippen LogP contribution in [0.4, 0.5) is 13.2 Å². The summed E-state index contributed by atoms with van der Waals surface area (Å²) in [5, 5.41) is 18.0. The van der Waals surface area contributed by atoms with Gasteiger partial charge in [-0.2, -0.15) is 13.2 Å². The number of carbonyl (C=O) groups is 2. The minimum Gasteiger partial charge on any atom is -0.480 e. The first-order chi connectivity index (χ1) is 6.25. The highest BCUT2D eigenvalue weighted by atomic mass is 19.4. The van der Waals surface area contributed by atoms with Gasteiger partial charge in [0.25, 0.3) is 0 Å². The summed E-state index contributed by atoms with van der Waals surface area (Å²) in [7, 11) is 0. The second-order valence-electron chi connectivity index (χ2n) is 2.44. The first kappa shape index (κ1) is 12.7. The lowest BCUT2D eigenvalue weighted by molar-refractivity contribution is -0.192. The highest BCUT2D eigenvalue weighted by molar-refractivity contribution is 5.74. The van der Waals surface area contributed by atoms with Crippen molar-refractivity contribution in [3.05, 3.63) is 0 Å². The van der Waals surface area contributed by atoms with Crippen LogP contribution in [0.3, 0.4) is 0 Å². The molecular weight excluding hydrogens is 207 g/mol. The molecule has 1 aliphatic rings. The Balaban J connectivity index is 0.000000241. The van der Waals surface area contributed by atoms with E-state index in [9.17, 15) is 18.0 Å². The number of hydrogen-bond acceptors (Lipinski definition) is 3. The van der Waals surface area contributed by atoms with Crippen molar-refractivity contribution in [1.29, 1.82) is 0 Å². The Kier molecular flexibility index (Phi) is 4.35. The van der Waals surface area contributed by atoms with Gasteiger partial charge in [-0.05, 0) is 13.0 Å². The summed E-state index contributed by atoms with van der Waals surface area (Å²) in [5.74, 6) is -3.49. The molecule has 0 radical (unpaired) electrons. The number of alkyl halides is 3. The van der Waals surface area contributed by atoms with Crippen LogP contribution in [0.5, 0.6) is 0 Å². The molecule has 1 rings (SSSR count). The largest absolute Gasteiger partial charge is 0.490 e. The second-order valence-corrected chi connectivity index (χ2v) is 2.44. The Bertz CT molecular complexity index is 224. The zero-order valence-corrected chi connectivity index (χ0v) is 6.84. The summed E-state index contributed by atoms with van der Waals surface area (Å²) >= 11 is 0. The third kappa shape index (κ3) is 4.65. The fourth-order valence-electron chi connectivity index (χ4n) is 0.499. The molecule has 0 aromatic carbocycles. The Hall–Kier alpha value is -1.31. The number of hydrogen-bond donors (Lipinski definition) is 3. The van der Waals surface area contributed by atoms with Crippen LogP contribution in [0.25, 0.3) is 0 Å². The van der Waals surface area contributed by atoms with Gasteiger partial charge in [0.05, 0.1) is 0 Å². The smallest absolute Gasteiger partial charge is 0.480 e. The van der Waals surface area contributed by atoms with E-state index < -0.39 is 18.1 Å². The van der Waals surface area contributed by atoms with Gasteiger partial charge < -0.3 is 15.5 Å². The van der Waals surface area contributed by atoms with Crippen molar-refractivity contribution in [1.82, 2.24) is 5.32 Å². The van der Waals surface area contributed by atoms with Gasteiger partial charge in [-0.3, -0.25) is 4.79 Å². The molecule has 0 aromatic heterocycles. The average molecular weight is 215 g/mol. The molecule has 0 aliphatic carbocycles. The highest BCUT2D eigenvalue weighted by Crippen LogP contribution is 2.13. The molecule has 5 nitrogen and oxygen atoms in total. The molecule has 1 heterocycles. The standard InChI is InChI=1S/C4H7NO2.C2HF3O2/c6-4(7)3-1-2-5-3;3-2(4,5)1(6)7/h3,5H,1-2H2,(H,6,7);(H,6,7)/t3-;/m1./s1. The quantitative estimate of drug-likeness (QED) is 0.576. The normalized spacial score (nSPS) is 20.1. The van der Waals surface area contributed by atoms with Crippen LogP contribution in [-0.4, -0.2) is 40.9 Å². The molecule has 14 heavy (non-hydrogen) atoms. The molecule has 0 saturated carbocycles. The van der Waals surface area contributed by atoms with Gasteiger partial charge in [0.15, 0.2) is 0 Å². The maximum absolute atomic E-state index is 10.6. The topological polar surface area (TPSA) is 86.6 Å². The molecule has 8 heteroatoms. The minimum absolute atomic E-state index is 0.250. The Labute approximate surface area is 76.5 Å². The van der Waals surface area contributed by atoms with Crippen LogP contribution in [0.15, 0.2) is 0 Å². The van der Waals surface area contributed by atoms with Crippen molar-refractivity contribution in [2.75, 3.05) is 6.54 Å². The van der Waals surface area contributed by atoms with Gasteiger partial charge in [-0.1, -0.05) is 0 Å². The molecule has 0 aromatic rings. The fraction of sp³-hybridized carbons (Fsp3) is 0.667. The molecular formula is C6H8F3NO4. The van der Waals surface area contributed by atoms with E-state index in [0.717, 1.165) is 13.0 Å². The van der Waals surface area contributed by atoms with E-state index in [1.54, 1.807) is 0 Å². The van der Waals surface area contributed by atoms with E-state index in [1.807, 2.05) is 0 Å². The number of carboxylic acids is 2. The molecule has 1 saturated heterocycles. The highest BCUT2D eigenvalue weighted by Gasteiger charge is 2.38. The van der Waals surface area contributed by atoms with Gasteiger partial charge in [0.1, 0.15) is 6.04 Å². The summed E-state index contributed by atoms with van der Waals surface area (Å²) in [4.78, 5) is 18.8. The van der Waals surface area contributed by atoms with Crippen LogP contribution < -0.4 is 5.32 Å². The van der Waals surface area contributed by atoms with E-state index in [4.69, 9.17) is 15.0 Å². The summed E-state index contributed by atoms with van der Waals surface area (Å²) in [6.45, 7) is 0.858. The summed E-state index contributed by atoms with van der Waals surface area (Å²) in [6.07, 6.45) is -4.30.